The van der Waals surface area contributed by atoms with Gasteiger partial charge in [0.2, 0.25) is 0 Å². The van der Waals surface area contributed by atoms with Crippen molar-refractivity contribution in [1.29, 1.82) is 0 Å². The van der Waals surface area contributed by atoms with Crippen molar-refractivity contribution in [3.8, 4) is 0 Å². The molecule has 0 spiro atoms. The molecule has 0 N–H and O–H groups in total. The van der Waals surface area contributed by atoms with Gasteiger partial charge in [-0.15, -0.1) is 11.3 Å². The zero-order chi connectivity index (χ0) is 10.7. The van der Waals surface area contributed by atoms with E-state index >= 15 is 0 Å². The van der Waals surface area contributed by atoms with Gasteiger partial charge in [-0.1, -0.05) is 0 Å². The standard InChI is InChI=1S/C10H13F2NOS/c11-9(12)5-14-4-3-10-13-8(6-15-10)7-1-2-7/h6-7,9H,1-5H2. The number of ether oxygens (including phenoxy) is 1. The van der Waals surface area contributed by atoms with Gasteiger partial charge in [0.15, 0.2) is 0 Å². The van der Waals surface area contributed by atoms with Gasteiger partial charge in [0, 0.05) is 17.7 Å². The fourth-order valence-corrected chi connectivity index (χ4v) is 2.20. The van der Waals surface area contributed by atoms with E-state index < -0.39 is 13.0 Å². The van der Waals surface area contributed by atoms with Gasteiger partial charge >= 0.3 is 0 Å². The summed E-state index contributed by atoms with van der Waals surface area (Å²) in [6.07, 6.45) is 0.753. The highest BCUT2D eigenvalue weighted by Gasteiger charge is 2.25. The first-order chi connectivity index (χ1) is 7.25. The maximum Gasteiger partial charge on any atom is 0.261 e. The molecule has 2 nitrogen and oxygen atoms in total. The van der Waals surface area contributed by atoms with Gasteiger partial charge in [-0.3, -0.25) is 0 Å². The Bertz CT molecular complexity index is 312. The van der Waals surface area contributed by atoms with Crippen molar-refractivity contribution in [2.45, 2.75) is 31.6 Å². The molecule has 0 amide bonds. The molecule has 5 heteroatoms. The lowest BCUT2D eigenvalue weighted by Gasteiger charge is -2.00. The van der Waals surface area contributed by atoms with Crippen LogP contribution >= 0.6 is 11.3 Å². The molecule has 84 valence electrons. The Labute approximate surface area is 91.3 Å². The minimum absolute atomic E-state index is 0.335. The van der Waals surface area contributed by atoms with Gasteiger partial charge in [-0.25, -0.2) is 13.8 Å². The highest BCUT2D eigenvalue weighted by molar-refractivity contribution is 7.09. The third-order valence-corrected chi connectivity index (χ3v) is 3.20. The van der Waals surface area contributed by atoms with Gasteiger partial charge < -0.3 is 4.74 Å². The van der Waals surface area contributed by atoms with Crippen molar-refractivity contribution in [1.82, 2.24) is 4.98 Å². The Morgan fingerprint density at radius 3 is 3.00 bits per heavy atom. The zero-order valence-corrected chi connectivity index (χ0v) is 9.10. The average molecular weight is 233 g/mol. The van der Waals surface area contributed by atoms with E-state index in [2.05, 4.69) is 10.4 Å². The molecule has 0 saturated heterocycles. The molecule has 0 atom stereocenters. The molecule has 1 aliphatic rings. The number of rotatable bonds is 6. The van der Waals surface area contributed by atoms with E-state index in [4.69, 9.17) is 4.74 Å². The molecular formula is C10H13F2NOS. The van der Waals surface area contributed by atoms with Gasteiger partial charge in [-0.2, -0.15) is 0 Å². The van der Waals surface area contributed by atoms with Crippen LogP contribution in [0.2, 0.25) is 0 Å². The summed E-state index contributed by atoms with van der Waals surface area (Å²) in [4.78, 5) is 4.44. The fraction of sp³-hybridized carbons (Fsp3) is 0.700. The van der Waals surface area contributed by atoms with Crippen LogP contribution in [-0.4, -0.2) is 24.6 Å². The van der Waals surface area contributed by atoms with Crippen LogP contribution in [-0.2, 0) is 11.2 Å². The quantitative estimate of drug-likeness (QED) is 0.705. The van der Waals surface area contributed by atoms with Crippen LogP contribution < -0.4 is 0 Å². The van der Waals surface area contributed by atoms with Gasteiger partial charge in [0.05, 0.1) is 17.3 Å². The van der Waals surface area contributed by atoms with Crippen LogP contribution in [0.1, 0.15) is 29.5 Å². The van der Waals surface area contributed by atoms with Crippen molar-refractivity contribution in [2.24, 2.45) is 0 Å². The first kappa shape index (κ1) is 11.0. The number of thiazole rings is 1. The lowest BCUT2D eigenvalue weighted by atomic mass is 10.3. The Hall–Kier alpha value is -0.550. The van der Waals surface area contributed by atoms with E-state index in [-0.39, 0.29) is 0 Å². The van der Waals surface area contributed by atoms with Crippen molar-refractivity contribution in [3.63, 3.8) is 0 Å². The minimum Gasteiger partial charge on any atom is -0.375 e. The first-order valence-corrected chi connectivity index (χ1v) is 5.94. The summed E-state index contributed by atoms with van der Waals surface area (Å²) < 4.78 is 28.3. The molecule has 1 aliphatic carbocycles. The van der Waals surface area contributed by atoms with Crippen LogP contribution in [0.15, 0.2) is 5.38 Å². The first-order valence-electron chi connectivity index (χ1n) is 5.06. The maximum absolute atomic E-state index is 11.7. The second-order valence-corrected chi connectivity index (χ2v) is 4.60. The zero-order valence-electron chi connectivity index (χ0n) is 8.29. The van der Waals surface area contributed by atoms with Gasteiger partial charge in [-0.05, 0) is 12.8 Å². The second-order valence-electron chi connectivity index (χ2n) is 3.66. The summed E-state index contributed by atoms with van der Waals surface area (Å²) in [7, 11) is 0. The third-order valence-electron chi connectivity index (χ3n) is 2.27. The SMILES string of the molecule is FC(F)COCCc1nc(C2CC2)cs1. The Balaban J connectivity index is 1.69. The average Bonchev–Trinajstić information content (AvgIpc) is 2.94. The fourth-order valence-electron chi connectivity index (χ4n) is 1.34. The molecule has 0 aromatic carbocycles. The molecule has 1 fully saturated rings. The van der Waals surface area contributed by atoms with Crippen LogP contribution in [0.4, 0.5) is 8.78 Å². The highest BCUT2D eigenvalue weighted by atomic mass is 32.1. The topological polar surface area (TPSA) is 22.1 Å². The monoisotopic (exact) mass is 233 g/mol. The summed E-state index contributed by atoms with van der Waals surface area (Å²) in [6, 6.07) is 0. The normalized spacial score (nSPS) is 16.2. The number of aromatic nitrogens is 1. The van der Waals surface area contributed by atoms with Crippen molar-refractivity contribution < 1.29 is 13.5 Å². The van der Waals surface area contributed by atoms with Crippen molar-refractivity contribution >= 4 is 11.3 Å². The molecule has 0 bridgehead atoms. The van der Waals surface area contributed by atoms with E-state index in [1.165, 1.54) is 18.5 Å². The second kappa shape index (κ2) is 4.99. The predicted octanol–water partition coefficient (Wildman–Crippen LogP) is 2.84. The number of halogens is 2. The van der Waals surface area contributed by atoms with Crippen LogP contribution in [0, 0.1) is 0 Å². The molecule has 1 heterocycles. The molecule has 1 aromatic rings. The van der Waals surface area contributed by atoms with E-state index in [0.29, 0.717) is 18.9 Å². The van der Waals surface area contributed by atoms with Gasteiger partial charge in [0.25, 0.3) is 6.43 Å². The Morgan fingerprint density at radius 1 is 1.53 bits per heavy atom. The number of alkyl halides is 2. The van der Waals surface area contributed by atoms with Gasteiger partial charge in [0.1, 0.15) is 6.61 Å². The summed E-state index contributed by atoms with van der Waals surface area (Å²) >= 11 is 1.60. The largest absolute Gasteiger partial charge is 0.375 e. The van der Waals surface area contributed by atoms with E-state index in [1.54, 1.807) is 11.3 Å². The highest BCUT2D eigenvalue weighted by Crippen LogP contribution is 2.40. The molecule has 0 aliphatic heterocycles. The number of nitrogens with zero attached hydrogens (tertiary/aromatic N) is 1. The van der Waals surface area contributed by atoms with Crippen LogP contribution in [0.5, 0.6) is 0 Å². The molecule has 15 heavy (non-hydrogen) atoms. The maximum atomic E-state index is 11.7. The van der Waals surface area contributed by atoms with Crippen LogP contribution in [0.3, 0.4) is 0 Å². The van der Waals surface area contributed by atoms with E-state index in [0.717, 1.165) is 5.01 Å². The molecule has 0 unspecified atom stereocenters. The smallest absolute Gasteiger partial charge is 0.261 e. The lowest BCUT2D eigenvalue weighted by Crippen LogP contribution is -2.06. The molecule has 1 aromatic heterocycles. The minimum atomic E-state index is -2.37. The summed E-state index contributed by atoms with van der Waals surface area (Å²) in [6.45, 7) is -0.136. The van der Waals surface area contributed by atoms with Crippen molar-refractivity contribution in [2.75, 3.05) is 13.2 Å². The summed E-state index contributed by atoms with van der Waals surface area (Å²) in [5.74, 6) is 0.664. The van der Waals surface area contributed by atoms with E-state index in [9.17, 15) is 8.78 Å². The van der Waals surface area contributed by atoms with Crippen LogP contribution in [0.25, 0.3) is 0 Å². The lowest BCUT2D eigenvalue weighted by molar-refractivity contribution is 0.0187. The molecular weight excluding hydrogens is 220 g/mol. The Kier molecular flexibility index (Phi) is 3.64. The molecule has 0 radical (unpaired) electrons. The molecule has 2 rings (SSSR count). The summed E-state index contributed by atoms with van der Waals surface area (Å²) in [5, 5.41) is 3.06. The Morgan fingerprint density at radius 2 is 2.33 bits per heavy atom. The molecule has 1 saturated carbocycles. The number of hydrogen-bond donors (Lipinski definition) is 0. The third kappa shape index (κ3) is 3.50. The summed E-state index contributed by atoms with van der Waals surface area (Å²) in [5.41, 5.74) is 1.17. The van der Waals surface area contributed by atoms with Crippen molar-refractivity contribution in [3.05, 3.63) is 16.1 Å². The number of hydrogen-bond acceptors (Lipinski definition) is 3. The predicted molar refractivity (Wildman–Crippen MR) is 54.6 cm³/mol. The van der Waals surface area contributed by atoms with E-state index in [1.807, 2.05) is 0 Å².